The molecule has 0 saturated carbocycles. The highest BCUT2D eigenvalue weighted by Crippen LogP contribution is 2.14. The van der Waals surface area contributed by atoms with Crippen LogP contribution in [0, 0.1) is 13.8 Å². The lowest BCUT2D eigenvalue weighted by Gasteiger charge is -2.16. The molecule has 2 rings (SSSR count). The number of rotatable bonds is 5. The number of hydrogen-bond donors (Lipinski definition) is 3. The van der Waals surface area contributed by atoms with Gasteiger partial charge in [-0.15, -0.1) is 12.4 Å². The van der Waals surface area contributed by atoms with Gasteiger partial charge in [-0.1, -0.05) is 59.7 Å². The molecule has 2 aromatic rings. The second-order valence-electron chi connectivity index (χ2n) is 5.56. The molecule has 4 nitrogen and oxygen atoms in total. The molecule has 0 radical (unpaired) electrons. The van der Waals surface area contributed by atoms with Crippen molar-refractivity contribution in [3.8, 4) is 0 Å². The third-order valence-electron chi connectivity index (χ3n) is 3.65. The lowest BCUT2D eigenvalue weighted by molar-refractivity contribution is -0.122. The second-order valence-corrected chi connectivity index (χ2v) is 5.56. The second kappa shape index (κ2) is 8.67. The summed E-state index contributed by atoms with van der Waals surface area (Å²) >= 11 is 0. The van der Waals surface area contributed by atoms with E-state index in [1.165, 1.54) is 0 Å². The molecule has 0 aromatic heterocycles. The Morgan fingerprint density at radius 2 is 1.43 bits per heavy atom. The summed E-state index contributed by atoms with van der Waals surface area (Å²) in [6.45, 7) is 4.10. The van der Waals surface area contributed by atoms with Crippen LogP contribution in [0.4, 0.5) is 0 Å². The molecule has 5 heteroatoms. The van der Waals surface area contributed by atoms with Crippen LogP contribution in [0.1, 0.15) is 34.4 Å². The molecule has 0 fully saturated rings. The van der Waals surface area contributed by atoms with Crippen molar-refractivity contribution < 1.29 is 9.90 Å². The smallest absolute Gasteiger partial charge is 0.241 e. The molecule has 1 amide bonds. The summed E-state index contributed by atoms with van der Waals surface area (Å²) in [7, 11) is 0. The van der Waals surface area contributed by atoms with Crippen LogP contribution >= 0.6 is 12.4 Å². The maximum atomic E-state index is 12.1. The highest BCUT2D eigenvalue weighted by molar-refractivity contribution is 5.85. The average Bonchev–Trinajstić information content (AvgIpc) is 2.53. The molecule has 0 bridgehead atoms. The van der Waals surface area contributed by atoms with Crippen LogP contribution < -0.4 is 11.1 Å². The topological polar surface area (TPSA) is 75.3 Å². The molecule has 23 heavy (non-hydrogen) atoms. The Morgan fingerprint density at radius 3 is 1.91 bits per heavy atom. The Hall–Kier alpha value is -1.88. The summed E-state index contributed by atoms with van der Waals surface area (Å²) in [5.74, 6) is -0.296. The number of carbonyl (C=O) groups is 1. The molecule has 0 aliphatic heterocycles. The fourth-order valence-corrected chi connectivity index (χ4v) is 2.14. The first kappa shape index (κ1) is 19.2. The van der Waals surface area contributed by atoms with E-state index in [1.807, 2.05) is 62.4 Å². The van der Waals surface area contributed by atoms with Crippen molar-refractivity contribution in [1.29, 1.82) is 0 Å². The summed E-state index contributed by atoms with van der Waals surface area (Å²) in [5.41, 5.74) is 9.71. The maximum absolute atomic E-state index is 12.1. The number of nitrogens with one attached hydrogen (secondary N) is 1. The van der Waals surface area contributed by atoms with E-state index in [1.54, 1.807) is 0 Å². The Morgan fingerprint density at radius 1 is 1.00 bits per heavy atom. The van der Waals surface area contributed by atoms with Gasteiger partial charge >= 0.3 is 0 Å². The Bertz CT molecular complexity index is 626. The molecule has 2 aromatic carbocycles. The summed E-state index contributed by atoms with van der Waals surface area (Å²) in [6, 6.07) is 14.4. The van der Waals surface area contributed by atoms with E-state index in [0.29, 0.717) is 0 Å². The minimum atomic E-state index is -0.741. The normalized spacial score (nSPS) is 12.9. The largest absolute Gasteiger partial charge is 0.387 e. The zero-order valence-electron chi connectivity index (χ0n) is 13.3. The average molecular weight is 335 g/mol. The molecule has 0 spiro atoms. The van der Waals surface area contributed by atoms with Crippen LogP contribution in [0.3, 0.4) is 0 Å². The summed E-state index contributed by atoms with van der Waals surface area (Å²) in [5, 5.41) is 12.8. The van der Waals surface area contributed by atoms with E-state index in [2.05, 4.69) is 5.32 Å². The molecule has 4 N–H and O–H groups in total. The lowest BCUT2D eigenvalue weighted by Crippen LogP contribution is -2.36. The standard InChI is InChI=1S/C18H22N2O2.ClH/c1-12-3-7-14(8-4-12)16(21)11-20-18(22)17(19)15-9-5-13(2)6-10-15;/h3-10,16-17,21H,11,19H2,1-2H3,(H,20,22);1H. The van der Waals surface area contributed by atoms with E-state index < -0.39 is 12.1 Å². The SMILES string of the molecule is Cc1ccc(C(O)CNC(=O)C(N)c2ccc(C)cc2)cc1.Cl. The van der Waals surface area contributed by atoms with Gasteiger partial charge < -0.3 is 16.2 Å². The number of aliphatic hydroxyl groups is 1. The summed E-state index contributed by atoms with van der Waals surface area (Å²) in [4.78, 5) is 12.1. The fourth-order valence-electron chi connectivity index (χ4n) is 2.14. The van der Waals surface area contributed by atoms with Gasteiger partial charge in [-0.3, -0.25) is 4.79 Å². The maximum Gasteiger partial charge on any atom is 0.241 e. The van der Waals surface area contributed by atoms with Crippen LogP contribution in [0.25, 0.3) is 0 Å². The van der Waals surface area contributed by atoms with Crippen LogP contribution in [-0.2, 0) is 4.79 Å². The minimum Gasteiger partial charge on any atom is -0.387 e. The van der Waals surface area contributed by atoms with Gasteiger partial charge in [0.05, 0.1) is 6.10 Å². The molecular weight excluding hydrogens is 312 g/mol. The molecular formula is C18H23ClN2O2. The molecule has 0 heterocycles. The van der Waals surface area contributed by atoms with Crippen LogP contribution in [0.5, 0.6) is 0 Å². The van der Waals surface area contributed by atoms with Gasteiger partial charge in [0.25, 0.3) is 0 Å². The quantitative estimate of drug-likeness (QED) is 0.786. The number of hydrogen-bond acceptors (Lipinski definition) is 3. The van der Waals surface area contributed by atoms with E-state index in [0.717, 1.165) is 22.3 Å². The van der Waals surface area contributed by atoms with Crippen LogP contribution in [-0.4, -0.2) is 17.6 Å². The van der Waals surface area contributed by atoms with Gasteiger partial charge in [0.2, 0.25) is 5.91 Å². The van der Waals surface area contributed by atoms with Gasteiger partial charge in [0.1, 0.15) is 6.04 Å². The van der Waals surface area contributed by atoms with Crippen molar-refractivity contribution in [2.75, 3.05) is 6.54 Å². The first-order valence-electron chi connectivity index (χ1n) is 7.32. The first-order valence-corrected chi connectivity index (χ1v) is 7.32. The van der Waals surface area contributed by atoms with Gasteiger partial charge in [-0.25, -0.2) is 0 Å². The number of nitrogens with two attached hydrogens (primary N) is 1. The van der Waals surface area contributed by atoms with E-state index >= 15 is 0 Å². The zero-order valence-corrected chi connectivity index (χ0v) is 14.1. The summed E-state index contributed by atoms with van der Waals surface area (Å²) < 4.78 is 0. The fraction of sp³-hybridized carbons (Fsp3) is 0.278. The minimum absolute atomic E-state index is 0. The number of aryl methyl sites for hydroxylation is 2. The predicted octanol–water partition coefficient (Wildman–Crippen LogP) is 2.57. The molecule has 0 saturated heterocycles. The lowest BCUT2D eigenvalue weighted by atomic mass is 10.0. The Kier molecular flexibility index (Phi) is 7.23. The van der Waals surface area contributed by atoms with Crippen LogP contribution in [0.15, 0.2) is 48.5 Å². The van der Waals surface area contributed by atoms with Gasteiger partial charge in [-0.05, 0) is 25.0 Å². The molecule has 124 valence electrons. The highest BCUT2D eigenvalue weighted by atomic mass is 35.5. The van der Waals surface area contributed by atoms with Crippen molar-refractivity contribution in [3.05, 3.63) is 70.8 Å². The van der Waals surface area contributed by atoms with Crippen LogP contribution in [0.2, 0.25) is 0 Å². The monoisotopic (exact) mass is 334 g/mol. The van der Waals surface area contributed by atoms with E-state index in [4.69, 9.17) is 5.73 Å². The van der Waals surface area contributed by atoms with Gasteiger partial charge in [0, 0.05) is 6.54 Å². The van der Waals surface area contributed by atoms with Crippen molar-refractivity contribution in [1.82, 2.24) is 5.32 Å². The number of amides is 1. The number of aliphatic hydroxyl groups excluding tert-OH is 1. The number of benzene rings is 2. The third-order valence-corrected chi connectivity index (χ3v) is 3.65. The number of carbonyl (C=O) groups excluding carboxylic acids is 1. The van der Waals surface area contributed by atoms with Crippen molar-refractivity contribution in [2.45, 2.75) is 26.0 Å². The van der Waals surface area contributed by atoms with Gasteiger partial charge in [0.15, 0.2) is 0 Å². The van der Waals surface area contributed by atoms with Crippen molar-refractivity contribution in [2.24, 2.45) is 5.73 Å². The predicted molar refractivity (Wildman–Crippen MR) is 94.5 cm³/mol. The van der Waals surface area contributed by atoms with E-state index in [-0.39, 0.29) is 24.9 Å². The van der Waals surface area contributed by atoms with E-state index in [9.17, 15) is 9.90 Å². The van der Waals surface area contributed by atoms with Gasteiger partial charge in [-0.2, -0.15) is 0 Å². The summed E-state index contributed by atoms with van der Waals surface area (Å²) in [6.07, 6.45) is -0.741. The van der Waals surface area contributed by atoms with Crippen molar-refractivity contribution >= 4 is 18.3 Å². The highest BCUT2D eigenvalue weighted by Gasteiger charge is 2.17. The molecule has 0 aliphatic rings. The third kappa shape index (κ3) is 5.36. The zero-order chi connectivity index (χ0) is 16.1. The molecule has 0 aliphatic carbocycles. The number of halogens is 1. The Labute approximate surface area is 143 Å². The molecule has 2 unspecified atom stereocenters. The molecule has 2 atom stereocenters. The first-order chi connectivity index (χ1) is 10.5. The van der Waals surface area contributed by atoms with Crippen molar-refractivity contribution in [3.63, 3.8) is 0 Å². The Balaban J connectivity index is 0.00000264.